The van der Waals surface area contributed by atoms with Crippen molar-refractivity contribution >= 4 is 17.5 Å². The van der Waals surface area contributed by atoms with E-state index in [1.54, 1.807) is 0 Å². The van der Waals surface area contributed by atoms with Gasteiger partial charge in [-0.15, -0.1) is 0 Å². The Hall–Kier alpha value is -2.07. The quantitative estimate of drug-likeness (QED) is 0.650. The summed E-state index contributed by atoms with van der Waals surface area (Å²) in [6.45, 7) is 10.0. The molecule has 1 aliphatic carbocycles. The maximum absolute atomic E-state index is 13.3. The number of aromatic nitrogens is 1. The van der Waals surface area contributed by atoms with Gasteiger partial charge in [-0.1, -0.05) is 50.6 Å². The molecule has 2 fully saturated rings. The van der Waals surface area contributed by atoms with E-state index >= 15 is 0 Å². The Labute approximate surface area is 178 Å². The van der Waals surface area contributed by atoms with Crippen LogP contribution in [0.4, 0.5) is 0 Å². The summed E-state index contributed by atoms with van der Waals surface area (Å²) in [5.74, 6) is 0.698. The molecule has 29 heavy (non-hydrogen) atoms. The van der Waals surface area contributed by atoms with E-state index in [1.165, 1.54) is 6.42 Å². The van der Waals surface area contributed by atoms with Gasteiger partial charge in [-0.2, -0.15) is 0 Å². The number of nitrogens with zero attached hydrogens (tertiary/aromatic N) is 2. The van der Waals surface area contributed by atoms with Gasteiger partial charge in [-0.05, 0) is 60.8 Å². The number of benzene rings is 1. The van der Waals surface area contributed by atoms with Crippen molar-refractivity contribution in [3.05, 3.63) is 58.4 Å². The molecule has 0 N–H and O–H groups in total. The number of halogens is 1. The van der Waals surface area contributed by atoms with Gasteiger partial charge >= 0.3 is 0 Å². The lowest BCUT2D eigenvalue weighted by Gasteiger charge is -2.39. The summed E-state index contributed by atoms with van der Waals surface area (Å²) in [6.07, 6.45) is 3.32. The topological polar surface area (TPSA) is 42.4 Å². The highest BCUT2D eigenvalue weighted by molar-refractivity contribution is 6.32. The number of fused-ring (bicyclic) bond motifs is 2. The third kappa shape index (κ3) is 4.13. The van der Waals surface area contributed by atoms with Gasteiger partial charge in [0.25, 0.3) is 5.91 Å². The first-order chi connectivity index (χ1) is 13.7. The summed E-state index contributed by atoms with van der Waals surface area (Å²) in [6, 6.07) is 11.6. The molecular weight excluding hydrogens is 384 g/mol. The zero-order chi connectivity index (χ0) is 20.8. The SMILES string of the molecule is Cc1cccc(Cl)c1OCc1cccc(C(=O)N2C[C@]3(C)C[C@H]2CC(C)(C)C3)n1. The molecule has 2 aromatic rings. The average molecular weight is 413 g/mol. The standard InChI is InChI=1S/C24H29ClN2O2/c1-16-7-5-9-19(25)21(16)29-13-17-8-6-10-20(26-17)22(28)27-15-24(4)12-18(27)11-23(2,3)14-24/h5-10,18H,11-15H2,1-4H3/t18-,24-/m1/s1. The van der Waals surface area contributed by atoms with E-state index in [1.807, 2.05) is 43.3 Å². The maximum atomic E-state index is 13.3. The van der Waals surface area contributed by atoms with Crippen molar-refractivity contribution in [2.24, 2.45) is 10.8 Å². The molecule has 4 nitrogen and oxygen atoms in total. The summed E-state index contributed by atoms with van der Waals surface area (Å²) in [5.41, 5.74) is 2.69. The number of para-hydroxylation sites is 1. The zero-order valence-electron chi connectivity index (χ0n) is 17.7. The highest BCUT2D eigenvalue weighted by Gasteiger charge is 2.51. The van der Waals surface area contributed by atoms with Gasteiger partial charge < -0.3 is 9.64 Å². The maximum Gasteiger partial charge on any atom is 0.272 e. The second kappa shape index (κ2) is 7.32. The number of hydrogen-bond acceptors (Lipinski definition) is 3. The molecule has 1 amide bonds. The van der Waals surface area contributed by atoms with Crippen LogP contribution in [-0.2, 0) is 6.61 Å². The van der Waals surface area contributed by atoms with E-state index < -0.39 is 0 Å². The number of carbonyl (C=O) groups excluding carboxylic acids is 1. The Morgan fingerprint density at radius 3 is 2.72 bits per heavy atom. The Bertz CT molecular complexity index is 922. The minimum absolute atomic E-state index is 0.0344. The normalized spacial score (nSPS) is 25.1. The van der Waals surface area contributed by atoms with Crippen LogP contribution in [0.3, 0.4) is 0 Å². The van der Waals surface area contributed by atoms with Crippen LogP contribution in [0.2, 0.25) is 5.02 Å². The van der Waals surface area contributed by atoms with Crippen LogP contribution in [0.15, 0.2) is 36.4 Å². The lowest BCUT2D eigenvalue weighted by Crippen LogP contribution is -2.38. The zero-order valence-corrected chi connectivity index (χ0v) is 18.4. The average Bonchev–Trinajstić information content (AvgIpc) is 2.89. The van der Waals surface area contributed by atoms with Gasteiger partial charge in [-0.25, -0.2) is 4.98 Å². The van der Waals surface area contributed by atoms with E-state index in [4.69, 9.17) is 16.3 Å². The molecule has 2 aliphatic rings. The fourth-order valence-electron chi connectivity index (χ4n) is 5.47. The second-order valence-electron chi connectivity index (χ2n) is 9.84. The number of pyridine rings is 1. The van der Waals surface area contributed by atoms with Crippen molar-refractivity contribution in [2.45, 2.75) is 59.6 Å². The number of likely N-dealkylation sites (tertiary alicyclic amines) is 1. The van der Waals surface area contributed by atoms with Gasteiger partial charge in [-0.3, -0.25) is 4.79 Å². The van der Waals surface area contributed by atoms with Crippen LogP contribution in [0.5, 0.6) is 5.75 Å². The van der Waals surface area contributed by atoms with E-state index in [0.717, 1.165) is 30.6 Å². The van der Waals surface area contributed by atoms with E-state index in [-0.39, 0.29) is 23.3 Å². The molecule has 2 atom stereocenters. The minimum atomic E-state index is 0.0344. The van der Waals surface area contributed by atoms with Crippen molar-refractivity contribution in [3.8, 4) is 5.75 Å². The summed E-state index contributed by atoms with van der Waals surface area (Å²) in [4.78, 5) is 19.9. The van der Waals surface area contributed by atoms with E-state index in [0.29, 0.717) is 22.5 Å². The van der Waals surface area contributed by atoms with Gasteiger partial charge in [0.1, 0.15) is 18.1 Å². The van der Waals surface area contributed by atoms with Gasteiger partial charge in [0, 0.05) is 12.6 Å². The molecule has 1 aliphatic heterocycles. The predicted molar refractivity (Wildman–Crippen MR) is 115 cm³/mol. The van der Waals surface area contributed by atoms with Crippen molar-refractivity contribution in [1.29, 1.82) is 0 Å². The summed E-state index contributed by atoms with van der Waals surface area (Å²) in [7, 11) is 0. The molecule has 1 aromatic carbocycles. The van der Waals surface area contributed by atoms with Gasteiger partial charge in [0.15, 0.2) is 0 Å². The number of hydrogen-bond donors (Lipinski definition) is 0. The minimum Gasteiger partial charge on any atom is -0.485 e. The van der Waals surface area contributed by atoms with Crippen LogP contribution in [0.25, 0.3) is 0 Å². The molecule has 2 bridgehead atoms. The fourth-order valence-corrected chi connectivity index (χ4v) is 5.75. The number of rotatable bonds is 4. The number of amides is 1. The fraction of sp³-hybridized carbons (Fsp3) is 0.500. The lowest BCUT2D eigenvalue weighted by atomic mass is 9.65. The van der Waals surface area contributed by atoms with Crippen LogP contribution >= 0.6 is 11.6 Å². The van der Waals surface area contributed by atoms with E-state index in [9.17, 15) is 4.79 Å². The number of aryl methyl sites for hydroxylation is 1. The summed E-state index contributed by atoms with van der Waals surface area (Å²) >= 11 is 6.25. The summed E-state index contributed by atoms with van der Waals surface area (Å²) < 4.78 is 5.91. The third-order valence-electron chi connectivity index (χ3n) is 6.23. The van der Waals surface area contributed by atoms with Crippen molar-refractivity contribution < 1.29 is 9.53 Å². The van der Waals surface area contributed by atoms with Gasteiger partial charge in [0.2, 0.25) is 0 Å². The van der Waals surface area contributed by atoms with Crippen LogP contribution in [0, 0.1) is 17.8 Å². The molecule has 5 heteroatoms. The predicted octanol–water partition coefficient (Wildman–Crippen LogP) is 5.66. The Morgan fingerprint density at radius 2 is 1.97 bits per heavy atom. The first kappa shape index (κ1) is 20.2. The third-order valence-corrected chi connectivity index (χ3v) is 6.53. The largest absolute Gasteiger partial charge is 0.485 e. The first-order valence-corrected chi connectivity index (χ1v) is 10.7. The van der Waals surface area contributed by atoms with Crippen molar-refractivity contribution in [1.82, 2.24) is 9.88 Å². The first-order valence-electron chi connectivity index (χ1n) is 10.3. The van der Waals surface area contributed by atoms with Crippen molar-refractivity contribution in [2.75, 3.05) is 6.54 Å². The highest BCUT2D eigenvalue weighted by Crippen LogP contribution is 2.52. The van der Waals surface area contributed by atoms with Crippen LogP contribution in [-0.4, -0.2) is 28.4 Å². The van der Waals surface area contributed by atoms with Gasteiger partial charge in [0.05, 0.1) is 10.7 Å². The van der Waals surface area contributed by atoms with E-state index in [2.05, 4.69) is 30.7 Å². The highest BCUT2D eigenvalue weighted by atomic mass is 35.5. The molecule has 0 spiro atoms. The molecular formula is C24H29ClN2O2. The lowest BCUT2D eigenvalue weighted by molar-refractivity contribution is 0.0702. The number of ether oxygens (including phenoxy) is 1. The van der Waals surface area contributed by atoms with Crippen LogP contribution < -0.4 is 4.74 Å². The molecule has 1 saturated carbocycles. The molecule has 0 radical (unpaired) electrons. The van der Waals surface area contributed by atoms with Crippen LogP contribution in [0.1, 0.15) is 61.8 Å². The van der Waals surface area contributed by atoms with Crippen molar-refractivity contribution in [3.63, 3.8) is 0 Å². The molecule has 154 valence electrons. The summed E-state index contributed by atoms with van der Waals surface area (Å²) in [5, 5.41) is 0.581. The molecule has 1 saturated heterocycles. The Balaban J connectivity index is 1.50. The smallest absolute Gasteiger partial charge is 0.272 e. The molecule has 2 heterocycles. The molecule has 4 rings (SSSR count). The Kier molecular flexibility index (Phi) is 5.10. The Morgan fingerprint density at radius 1 is 1.21 bits per heavy atom. The molecule has 1 aromatic heterocycles. The number of carbonyl (C=O) groups is 1. The second-order valence-corrected chi connectivity index (χ2v) is 10.2. The molecule has 0 unspecified atom stereocenters. The monoisotopic (exact) mass is 412 g/mol.